The monoisotopic (exact) mass is 388 g/mol. The summed E-state index contributed by atoms with van der Waals surface area (Å²) in [5, 5.41) is 0. The average Bonchev–Trinajstić information content (AvgIpc) is 2.58. The molecule has 152 valence electrons. The van der Waals surface area contributed by atoms with Crippen LogP contribution in [-0.4, -0.2) is 56.8 Å². The molecule has 1 saturated heterocycles. The van der Waals surface area contributed by atoms with Crippen molar-refractivity contribution in [3.8, 4) is 0 Å². The maximum absolute atomic E-state index is 12.4. The van der Waals surface area contributed by atoms with Gasteiger partial charge in [-0.3, -0.25) is 4.79 Å². The van der Waals surface area contributed by atoms with Crippen LogP contribution >= 0.6 is 0 Å². The van der Waals surface area contributed by atoms with Gasteiger partial charge in [-0.1, -0.05) is 20.8 Å². The molecule has 2 rings (SSSR count). The van der Waals surface area contributed by atoms with Crippen LogP contribution in [0.3, 0.4) is 0 Å². The lowest BCUT2D eigenvalue weighted by atomic mass is 9.80. The summed E-state index contributed by atoms with van der Waals surface area (Å²) in [6, 6.07) is -0.477. The summed E-state index contributed by atoms with van der Waals surface area (Å²) in [5.41, 5.74) is 0. The van der Waals surface area contributed by atoms with Crippen LogP contribution in [0.1, 0.15) is 65.7 Å². The molecular weight excluding hydrogens is 352 g/mol. The molecular formula is C19H36N2O4S. The van der Waals surface area contributed by atoms with Crippen LogP contribution in [0.5, 0.6) is 0 Å². The fourth-order valence-corrected chi connectivity index (χ4v) is 5.17. The van der Waals surface area contributed by atoms with Crippen LogP contribution in [0.15, 0.2) is 0 Å². The minimum atomic E-state index is -3.32. The van der Waals surface area contributed by atoms with Crippen LogP contribution < -0.4 is 4.72 Å². The number of ether oxygens (including phenoxy) is 1. The Morgan fingerprint density at radius 1 is 1.19 bits per heavy atom. The molecule has 0 radical (unpaired) electrons. The van der Waals surface area contributed by atoms with E-state index < -0.39 is 10.0 Å². The highest BCUT2D eigenvalue weighted by Crippen LogP contribution is 2.31. The van der Waals surface area contributed by atoms with Crippen LogP contribution in [0, 0.1) is 11.8 Å². The van der Waals surface area contributed by atoms with Crippen molar-refractivity contribution in [3.05, 3.63) is 0 Å². The van der Waals surface area contributed by atoms with Crippen LogP contribution in [0.25, 0.3) is 0 Å². The van der Waals surface area contributed by atoms with E-state index in [9.17, 15) is 13.2 Å². The second-order valence-electron chi connectivity index (χ2n) is 8.26. The molecule has 1 N–H and O–H groups in total. The second kappa shape index (κ2) is 9.51. The highest BCUT2D eigenvalue weighted by molar-refractivity contribution is 7.88. The van der Waals surface area contributed by atoms with E-state index in [1.165, 1.54) is 19.1 Å². The summed E-state index contributed by atoms with van der Waals surface area (Å²) in [7, 11) is -3.32. The summed E-state index contributed by atoms with van der Waals surface area (Å²) in [6.45, 7) is 7.51. The van der Waals surface area contributed by atoms with E-state index >= 15 is 0 Å². The quantitative estimate of drug-likeness (QED) is 0.727. The Morgan fingerprint density at radius 2 is 1.85 bits per heavy atom. The van der Waals surface area contributed by atoms with E-state index in [-0.39, 0.29) is 24.1 Å². The SMILES string of the molecule is CCC(=O)N1CCC[C@H](NS(C)(=O)=O)[C@@H]1COC1CCC(C(C)C)CC1. The number of hydrogen-bond donors (Lipinski definition) is 1. The van der Waals surface area contributed by atoms with E-state index in [0.717, 1.165) is 37.5 Å². The molecule has 7 heteroatoms. The van der Waals surface area contributed by atoms with Crippen molar-refractivity contribution in [1.29, 1.82) is 0 Å². The average molecular weight is 389 g/mol. The number of carbonyl (C=O) groups excluding carboxylic acids is 1. The number of amides is 1. The molecule has 0 bridgehead atoms. The Balaban J connectivity index is 1.98. The normalized spacial score (nSPS) is 30.6. The predicted molar refractivity (Wildman–Crippen MR) is 103 cm³/mol. The summed E-state index contributed by atoms with van der Waals surface area (Å²) in [6.07, 6.45) is 7.89. The third-order valence-electron chi connectivity index (χ3n) is 5.93. The Hall–Kier alpha value is -0.660. The number of nitrogens with one attached hydrogen (secondary N) is 1. The first-order chi connectivity index (χ1) is 12.2. The maximum Gasteiger partial charge on any atom is 0.222 e. The standard InChI is InChI=1S/C19H36N2O4S/c1-5-19(22)21-12-6-7-17(20-26(4,23)24)18(21)13-25-16-10-8-15(9-11-16)14(2)3/h14-18,20H,5-13H2,1-4H3/t15?,16?,17-,18-/m0/s1. The lowest BCUT2D eigenvalue weighted by Crippen LogP contribution is -2.58. The molecule has 0 spiro atoms. The number of nitrogens with zero attached hydrogens (tertiary/aromatic N) is 1. The van der Waals surface area contributed by atoms with Gasteiger partial charge < -0.3 is 9.64 Å². The highest BCUT2D eigenvalue weighted by Gasteiger charge is 2.36. The fourth-order valence-electron chi connectivity index (χ4n) is 4.34. The van der Waals surface area contributed by atoms with E-state index in [1.54, 1.807) is 0 Å². The molecule has 2 aliphatic rings. The van der Waals surface area contributed by atoms with Crippen molar-refractivity contribution < 1.29 is 17.9 Å². The van der Waals surface area contributed by atoms with Gasteiger partial charge in [0, 0.05) is 19.0 Å². The van der Waals surface area contributed by atoms with Gasteiger partial charge in [0.1, 0.15) is 0 Å². The minimum Gasteiger partial charge on any atom is -0.376 e. The number of sulfonamides is 1. The lowest BCUT2D eigenvalue weighted by molar-refractivity contribution is -0.138. The molecule has 1 aliphatic heterocycles. The summed E-state index contributed by atoms with van der Waals surface area (Å²) in [4.78, 5) is 14.2. The lowest BCUT2D eigenvalue weighted by Gasteiger charge is -2.42. The third-order valence-corrected chi connectivity index (χ3v) is 6.66. The van der Waals surface area contributed by atoms with E-state index in [0.29, 0.717) is 19.6 Å². The molecule has 0 unspecified atom stereocenters. The van der Waals surface area contributed by atoms with E-state index in [4.69, 9.17) is 4.74 Å². The summed E-state index contributed by atoms with van der Waals surface area (Å²) < 4.78 is 32.4. The molecule has 1 saturated carbocycles. The first-order valence-electron chi connectivity index (χ1n) is 10.1. The van der Waals surface area contributed by atoms with Crippen molar-refractivity contribution in [1.82, 2.24) is 9.62 Å². The molecule has 0 aromatic heterocycles. The zero-order valence-corrected chi connectivity index (χ0v) is 17.6. The smallest absolute Gasteiger partial charge is 0.222 e. The van der Waals surface area contributed by atoms with Gasteiger partial charge in [0.15, 0.2) is 0 Å². The van der Waals surface area contributed by atoms with Gasteiger partial charge in [-0.25, -0.2) is 13.1 Å². The summed E-state index contributed by atoms with van der Waals surface area (Å²) >= 11 is 0. The number of likely N-dealkylation sites (tertiary alicyclic amines) is 1. The van der Waals surface area contributed by atoms with Crippen LogP contribution in [-0.2, 0) is 19.6 Å². The van der Waals surface area contributed by atoms with E-state index in [1.807, 2.05) is 11.8 Å². The van der Waals surface area contributed by atoms with Gasteiger partial charge in [0.2, 0.25) is 15.9 Å². The zero-order valence-electron chi connectivity index (χ0n) is 16.7. The Morgan fingerprint density at radius 3 is 2.38 bits per heavy atom. The Bertz CT molecular complexity index is 556. The molecule has 1 amide bonds. The Labute approximate surface area is 159 Å². The van der Waals surface area contributed by atoms with E-state index in [2.05, 4.69) is 18.6 Å². The number of piperidine rings is 1. The van der Waals surface area contributed by atoms with Crippen molar-refractivity contribution in [2.75, 3.05) is 19.4 Å². The van der Waals surface area contributed by atoms with Gasteiger partial charge in [-0.05, 0) is 50.4 Å². The van der Waals surface area contributed by atoms with Crippen molar-refractivity contribution >= 4 is 15.9 Å². The van der Waals surface area contributed by atoms with Gasteiger partial charge in [-0.15, -0.1) is 0 Å². The van der Waals surface area contributed by atoms with Gasteiger partial charge >= 0.3 is 0 Å². The zero-order chi connectivity index (χ0) is 19.3. The molecule has 26 heavy (non-hydrogen) atoms. The molecule has 0 aromatic rings. The summed E-state index contributed by atoms with van der Waals surface area (Å²) in [5.74, 6) is 1.57. The van der Waals surface area contributed by atoms with Crippen molar-refractivity contribution in [2.45, 2.75) is 83.9 Å². The van der Waals surface area contributed by atoms with Gasteiger partial charge in [0.25, 0.3) is 0 Å². The minimum absolute atomic E-state index is 0.0714. The first kappa shape index (κ1) is 21.6. The number of carbonyl (C=O) groups is 1. The largest absolute Gasteiger partial charge is 0.376 e. The third kappa shape index (κ3) is 6.20. The molecule has 1 heterocycles. The van der Waals surface area contributed by atoms with Crippen LogP contribution in [0.2, 0.25) is 0 Å². The van der Waals surface area contributed by atoms with Crippen LogP contribution in [0.4, 0.5) is 0 Å². The molecule has 2 atom stereocenters. The topological polar surface area (TPSA) is 75.7 Å². The Kier molecular flexibility index (Phi) is 7.91. The predicted octanol–water partition coefficient (Wildman–Crippen LogP) is 2.54. The molecule has 1 aliphatic carbocycles. The second-order valence-corrected chi connectivity index (χ2v) is 10.0. The number of hydrogen-bond acceptors (Lipinski definition) is 4. The highest BCUT2D eigenvalue weighted by atomic mass is 32.2. The van der Waals surface area contributed by atoms with Gasteiger partial charge in [-0.2, -0.15) is 0 Å². The van der Waals surface area contributed by atoms with Gasteiger partial charge in [0.05, 0.1) is 25.0 Å². The molecule has 2 fully saturated rings. The maximum atomic E-state index is 12.4. The fraction of sp³-hybridized carbons (Fsp3) is 0.947. The van der Waals surface area contributed by atoms with Crippen molar-refractivity contribution in [3.63, 3.8) is 0 Å². The number of rotatable bonds is 7. The van der Waals surface area contributed by atoms with Crippen molar-refractivity contribution in [2.24, 2.45) is 11.8 Å². The molecule has 0 aromatic carbocycles. The molecule has 6 nitrogen and oxygen atoms in total. The first-order valence-corrected chi connectivity index (χ1v) is 12.0.